The third-order valence-electron chi connectivity index (χ3n) is 4.95. The summed E-state index contributed by atoms with van der Waals surface area (Å²) in [6.45, 7) is 3.24. The van der Waals surface area contributed by atoms with Gasteiger partial charge in [-0.1, -0.05) is 36.4 Å². The SMILES string of the molecule is COc1cccc(C(=O)NCCS(=O)(=O)N2CCN(Cc3ccccc3)CC2)c1. The molecule has 0 unspecified atom stereocenters. The molecular weight excluding hydrogens is 390 g/mol. The van der Waals surface area contributed by atoms with Gasteiger partial charge in [-0.05, 0) is 23.8 Å². The second-order valence-corrected chi connectivity index (χ2v) is 9.05. The topological polar surface area (TPSA) is 78.9 Å². The van der Waals surface area contributed by atoms with E-state index >= 15 is 0 Å². The number of carbonyl (C=O) groups excluding carboxylic acids is 1. The minimum Gasteiger partial charge on any atom is -0.497 e. The maximum atomic E-state index is 12.6. The summed E-state index contributed by atoms with van der Waals surface area (Å²) in [5.74, 6) is 0.159. The molecule has 0 saturated carbocycles. The van der Waals surface area contributed by atoms with Crippen molar-refractivity contribution in [2.24, 2.45) is 0 Å². The molecule has 1 aliphatic rings. The Morgan fingerprint density at radius 2 is 1.76 bits per heavy atom. The first-order valence-electron chi connectivity index (χ1n) is 9.64. The van der Waals surface area contributed by atoms with E-state index in [0.29, 0.717) is 37.5 Å². The summed E-state index contributed by atoms with van der Waals surface area (Å²) in [7, 11) is -1.87. The van der Waals surface area contributed by atoms with E-state index in [1.54, 1.807) is 24.3 Å². The molecule has 8 heteroatoms. The second kappa shape index (κ2) is 9.87. The zero-order chi connectivity index (χ0) is 20.7. The van der Waals surface area contributed by atoms with Crippen molar-refractivity contribution in [2.75, 3.05) is 45.6 Å². The van der Waals surface area contributed by atoms with E-state index in [4.69, 9.17) is 4.74 Å². The molecule has 2 aromatic rings. The van der Waals surface area contributed by atoms with Crippen molar-refractivity contribution in [1.82, 2.24) is 14.5 Å². The van der Waals surface area contributed by atoms with E-state index in [0.717, 1.165) is 6.54 Å². The zero-order valence-electron chi connectivity index (χ0n) is 16.6. The Bertz CT molecular complexity index is 911. The molecule has 7 nitrogen and oxygen atoms in total. The summed E-state index contributed by atoms with van der Waals surface area (Å²) in [6, 6.07) is 16.9. The number of hydrogen-bond donors (Lipinski definition) is 1. The van der Waals surface area contributed by atoms with Gasteiger partial charge in [0.25, 0.3) is 5.91 Å². The van der Waals surface area contributed by atoms with Crippen molar-refractivity contribution in [1.29, 1.82) is 0 Å². The number of amides is 1. The summed E-state index contributed by atoms with van der Waals surface area (Å²) >= 11 is 0. The van der Waals surface area contributed by atoms with Gasteiger partial charge in [0.15, 0.2) is 0 Å². The van der Waals surface area contributed by atoms with Gasteiger partial charge in [0.05, 0.1) is 12.9 Å². The van der Waals surface area contributed by atoms with Crippen molar-refractivity contribution in [3.63, 3.8) is 0 Å². The first-order valence-corrected chi connectivity index (χ1v) is 11.3. The number of ether oxygens (including phenoxy) is 1. The van der Waals surface area contributed by atoms with Crippen molar-refractivity contribution in [2.45, 2.75) is 6.54 Å². The van der Waals surface area contributed by atoms with Crippen LogP contribution in [0.1, 0.15) is 15.9 Å². The maximum absolute atomic E-state index is 12.6. The highest BCUT2D eigenvalue weighted by Gasteiger charge is 2.26. The average Bonchev–Trinajstić information content (AvgIpc) is 2.74. The monoisotopic (exact) mass is 417 g/mol. The molecule has 156 valence electrons. The van der Waals surface area contributed by atoms with Gasteiger partial charge in [-0.2, -0.15) is 4.31 Å². The largest absolute Gasteiger partial charge is 0.497 e. The van der Waals surface area contributed by atoms with E-state index < -0.39 is 10.0 Å². The molecule has 3 rings (SSSR count). The lowest BCUT2D eigenvalue weighted by Crippen LogP contribution is -2.49. The minimum atomic E-state index is -3.40. The highest BCUT2D eigenvalue weighted by Crippen LogP contribution is 2.13. The van der Waals surface area contributed by atoms with Crippen LogP contribution in [0.3, 0.4) is 0 Å². The lowest BCUT2D eigenvalue weighted by Gasteiger charge is -2.34. The normalized spacial score (nSPS) is 15.8. The van der Waals surface area contributed by atoms with E-state index in [9.17, 15) is 13.2 Å². The molecule has 0 spiro atoms. The van der Waals surface area contributed by atoms with Gasteiger partial charge in [0.2, 0.25) is 10.0 Å². The highest BCUT2D eigenvalue weighted by molar-refractivity contribution is 7.89. The number of benzene rings is 2. The molecule has 2 aromatic carbocycles. The standard InChI is InChI=1S/C21H27N3O4S/c1-28-20-9-5-8-19(16-20)21(25)22-10-15-29(26,27)24-13-11-23(12-14-24)17-18-6-3-2-4-7-18/h2-9,16H,10-15,17H2,1H3,(H,22,25). The van der Waals surface area contributed by atoms with Crippen LogP contribution in [0.2, 0.25) is 0 Å². The van der Waals surface area contributed by atoms with Gasteiger partial charge < -0.3 is 10.1 Å². The predicted octanol–water partition coefficient (Wildman–Crippen LogP) is 1.57. The second-order valence-electron chi connectivity index (χ2n) is 6.96. The van der Waals surface area contributed by atoms with E-state index in [1.807, 2.05) is 18.2 Å². The quantitative estimate of drug-likeness (QED) is 0.705. The van der Waals surface area contributed by atoms with Gasteiger partial charge >= 0.3 is 0 Å². The van der Waals surface area contributed by atoms with Crippen LogP contribution in [0.5, 0.6) is 5.75 Å². The fourth-order valence-electron chi connectivity index (χ4n) is 3.30. The molecule has 1 saturated heterocycles. The Morgan fingerprint density at radius 1 is 1.03 bits per heavy atom. The fourth-order valence-corrected chi connectivity index (χ4v) is 4.63. The Hall–Kier alpha value is -2.42. The molecule has 1 N–H and O–H groups in total. The van der Waals surface area contributed by atoms with Crippen molar-refractivity contribution in [3.8, 4) is 5.75 Å². The summed E-state index contributed by atoms with van der Waals surface area (Å²) in [4.78, 5) is 14.5. The van der Waals surface area contributed by atoms with Crippen LogP contribution < -0.4 is 10.1 Å². The van der Waals surface area contributed by atoms with Gasteiger partial charge in [0, 0.05) is 44.8 Å². The molecule has 29 heavy (non-hydrogen) atoms. The predicted molar refractivity (Wildman–Crippen MR) is 112 cm³/mol. The van der Waals surface area contributed by atoms with Crippen LogP contribution in [0.25, 0.3) is 0 Å². The molecule has 1 aliphatic heterocycles. The molecule has 1 fully saturated rings. The number of sulfonamides is 1. The number of nitrogens with zero attached hydrogens (tertiary/aromatic N) is 2. The van der Waals surface area contributed by atoms with Gasteiger partial charge in [-0.25, -0.2) is 8.42 Å². The van der Waals surface area contributed by atoms with Gasteiger partial charge in [-0.15, -0.1) is 0 Å². The maximum Gasteiger partial charge on any atom is 0.251 e. The van der Waals surface area contributed by atoms with Crippen LogP contribution in [-0.2, 0) is 16.6 Å². The zero-order valence-corrected chi connectivity index (χ0v) is 17.4. The molecule has 1 amide bonds. The van der Waals surface area contributed by atoms with Crippen molar-refractivity contribution >= 4 is 15.9 Å². The van der Waals surface area contributed by atoms with Gasteiger partial charge in [0.1, 0.15) is 5.75 Å². The molecule has 1 heterocycles. The van der Waals surface area contributed by atoms with Crippen LogP contribution in [0.4, 0.5) is 0 Å². The molecule has 0 bridgehead atoms. The smallest absolute Gasteiger partial charge is 0.251 e. The summed E-state index contributed by atoms with van der Waals surface area (Å²) < 4.78 is 31.8. The number of nitrogens with one attached hydrogen (secondary N) is 1. The Balaban J connectivity index is 1.44. The van der Waals surface area contributed by atoms with Gasteiger partial charge in [-0.3, -0.25) is 9.69 Å². The molecule has 0 atom stereocenters. The third-order valence-corrected chi connectivity index (χ3v) is 6.82. The van der Waals surface area contributed by atoms with Crippen molar-refractivity contribution < 1.29 is 17.9 Å². The summed E-state index contributed by atoms with van der Waals surface area (Å²) in [6.07, 6.45) is 0. The lowest BCUT2D eigenvalue weighted by molar-refractivity contribution is 0.0955. The van der Waals surface area contributed by atoms with Crippen molar-refractivity contribution in [3.05, 3.63) is 65.7 Å². The molecule has 0 radical (unpaired) electrons. The minimum absolute atomic E-state index is 0.0720. The first kappa shape index (κ1) is 21.3. The molecule has 0 aliphatic carbocycles. The first-order chi connectivity index (χ1) is 14.0. The molecular formula is C21H27N3O4S. The van der Waals surface area contributed by atoms with Crippen LogP contribution in [0.15, 0.2) is 54.6 Å². The van der Waals surface area contributed by atoms with E-state index in [1.165, 1.54) is 17.0 Å². The average molecular weight is 418 g/mol. The van der Waals surface area contributed by atoms with Crippen LogP contribution >= 0.6 is 0 Å². The third kappa shape index (κ3) is 6.03. The lowest BCUT2D eigenvalue weighted by atomic mass is 10.2. The number of carbonyl (C=O) groups is 1. The summed E-state index contributed by atoms with van der Waals surface area (Å²) in [5.41, 5.74) is 1.67. The number of piperazine rings is 1. The molecule has 0 aromatic heterocycles. The van der Waals surface area contributed by atoms with E-state index in [2.05, 4.69) is 22.3 Å². The number of methoxy groups -OCH3 is 1. The van der Waals surface area contributed by atoms with E-state index in [-0.39, 0.29) is 18.2 Å². The Morgan fingerprint density at radius 3 is 2.45 bits per heavy atom. The van der Waals surface area contributed by atoms with Crippen LogP contribution in [-0.4, -0.2) is 69.1 Å². The number of rotatable bonds is 8. The summed E-state index contributed by atoms with van der Waals surface area (Å²) in [5, 5.41) is 2.68. The fraction of sp³-hybridized carbons (Fsp3) is 0.381. The Kier molecular flexibility index (Phi) is 7.24. The number of hydrogen-bond acceptors (Lipinski definition) is 5. The highest BCUT2D eigenvalue weighted by atomic mass is 32.2. The van der Waals surface area contributed by atoms with Crippen LogP contribution in [0, 0.1) is 0 Å². The Labute approximate surface area is 172 Å².